The van der Waals surface area contributed by atoms with E-state index < -0.39 is 0 Å². The number of methoxy groups -OCH3 is 1. The SMILES string of the molecule is CCCCN(CCCC)c1nc(N)nc(-c2cc(Cl)ccc2OC)n1. The fourth-order valence-electron chi connectivity index (χ4n) is 2.51. The van der Waals surface area contributed by atoms with Gasteiger partial charge in [-0.2, -0.15) is 15.0 Å². The molecule has 25 heavy (non-hydrogen) atoms. The van der Waals surface area contributed by atoms with E-state index in [4.69, 9.17) is 22.1 Å². The van der Waals surface area contributed by atoms with Crippen molar-refractivity contribution >= 4 is 23.5 Å². The van der Waals surface area contributed by atoms with E-state index in [1.807, 2.05) is 0 Å². The first-order chi connectivity index (χ1) is 12.1. The summed E-state index contributed by atoms with van der Waals surface area (Å²) in [4.78, 5) is 15.5. The van der Waals surface area contributed by atoms with E-state index in [1.165, 1.54) is 0 Å². The number of nitrogen functional groups attached to an aromatic ring is 1. The average Bonchev–Trinajstić information content (AvgIpc) is 2.61. The van der Waals surface area contributed by atoms with Crippen molar-refractivity contribution in [1.82, 2.24) is 15.0 Å². The molecule has 0 aliphatic rings. The van der Waals surface area contributed by atoms with Crippen LogP contribution in [-0.4, -0.2) is 35.2 Å². The minimum atomic E-state index is 0.194. The number of halogens is 1. The van der Waals surface area contributed by atoms with E-state index in [-0.39, 0.29) is 5.95 Å². The molecule has 2 N–H and O–H groups in total. The van der Waals surface area contributed by atoms with Crippen LogP contribution < -0.4 is 15.4 Å². The van der Waals surface area contributed by atoms with Crippen LogP contribution in [0.4, 0.5) is 11.9 Å². The summed E-state index contributed by atoms with van der Waals surface area (Å²) in [5.41, 5.74) is 6.66. The molecule has 0 bridgehead atoms. The van der Waals surface area contributed by atoms with Crippen molar-refractivity contribution in [2.24, 2.45) is 0 Å². The second-order valence-corrected chi connectivity index (χ2v) is 6.29. The Labute approximate surface area is 154 Å². The molecule has 0 fully saturated rings. The van der Waals surface area contributed by atoms with Gasteiger partial charge in [0.2, 0.25) is 11.9 Å². The van der Waals surface area contributed by atoms with Crippen LogP contribution in [0.25, 0.3) is 11.4 Å². The van der Waals surface area contributed by atoms with Crippen LogP contribution in [0.1, 0.15) is 39.5 Å². The molecule has 136 valence electrons. The number of rotatable bonds is 9. The smallest absolute Gasteiger partial charge is 0.230 e. The van der Waals surface area contributed by atoms with Gasteiger partial charge in [0.25, 0.3) is 0 Å². The lowest BCUT2D eigenvalue weighted by Crippen LogP contribution is -2.28. The third kappa shape index (κ3) is 5.19. The third-order valence-electron chi connectivity index (χ3n) is 3.89. The summed E-state index contributed by atoms with van der Waals surface area (Å²) >= 11 is 6.13. The second kappa shape index (κ2) is 9.42. The highest BCUT2D eigenvalue weighted by molar-refractivity contribution is 6.30. The van der Waals surface area contributed by atoms with E-state index >= 15 is 0 Å². The number of hydrogen-bond acceptors (Lipinski definition) is 6. The number of aromatic nitrogens is 3. The Morgan fingerprint density at radius 1 is 1.08 bits per heavy atom. The molecule has 1 aromatic heterocycles. The van der Waals surface area contributed by atoms with E-state index in [9.17, 15) is 0 Å². The number of nitrogens with two attached hydrogens (primary N) is 1. The highest BCUT2D eigenvalue weighted by Gasteiger charge is 2.16. The van der Waals surface area contributed by atoms with Crippen molar-refractivity contribution in [3.63, 3.8) is 0 Å². The molecule has 0 saturated heterocycles. The Morgan fingerprint density at radius 3 is 2.36 bits per heavy atom. The fraction of sp³-hybridized carbons (Fsp3) is 0.500. The number of anilines is 2. The van der Waals surface area contributed by atoms with E-state index in [0.717, 1.165) is 38.8 Å². The van der Waals surface area contributed by atoms with Crippen molar-refractivity contribution in [1.29, 1.82) is 0 Å². The Morgan fingerprint density at radius 2 is 1.76 bits per heavy atom. The third-order valence-corrected chi connectivity index (χ3v) is 4.12. The summed E-state index contributed by atoms with van der Waals surface area (Å²) in [5.74, 6) is 1.92. The fourth-order valence-corrected chi connectivity index (χ4v) is 2.68. The quantitative estimate of drug-likeness (QED) is 0.719. The highest BCUT2D eigenvalue weighted by atomic mass is 35.5. The van der Waals surface area contributed by atoms with Crippen LogP contribution in [-0.2, 0) is 0 Å². The van der Waals surface area contributed by atoms with Gasteiger partial charge in [0.15, 0.2) is 5.82 Å². The minimum Gasteiger partial charge on any atom is -0.496 e. The summed E-state index contributed by atoms with van der Waals surface area (Å²) in [7, 11) is 1.60. The first kappa shape index (κ1) is 19.2. The van der Waals surface area contributed by atoms with Crippen LogP contribution in [0.5, 0.6) is 5.75 Å². The van der Waals surface area contributed by atoms with Crippen LogP contribution in [0.2, 0.25) is 5.02 Å². The normalized spacial score (nSPS) is 10.7. The molecule has 1 aromatic carbocycles. The van der Waals surface area contributed by atoms with Gasteiger partial charge >= 0.3 is 0 Å². The topological polar surface area (TPSA) is 77.2 Å². The molecule has 6 nitrogen and oxygen atoms in total. The highest BCUT2D eigenvalue weighted by Crippen LogP contribution is 2.31. The van der Waals surface area contributed by atoms with Gasteiger partial charge in [-0.1, -0.05) is 38.3 Å². The van der Waals surface area contributed by atoms with Crippen molar-refractivity contribution in [3.05, 3.63) is 23.2 Å². The molecule has 0 saturated carbocycles. The Bertz CT molecular complexity index is 687. The van der Waals surface area contributed by atoms with Crippen LogP contribution in [0.15, 0.2) is 18.2 Å². The first-order valence-electron chi connectivity index (χ1n) is 8.69. The maximum absolute atomic E-state index is 6.13. The number of ether oxygens (including phenoxy) is 1. The molecule has 1 heterocycles. The van der Waals surface area contributed by atoms with E-state index in [0.29, 0.717) is 28.1 Å². The van der Waals surface area contributed by atoms with Crippen LogP contribution in [0, 0.1) is 0 Å². The number of nitrogens with zero attached hydrogens (tertiary/aromatic N) is 4. The lowest BCUT2D eigenvalue weighted by molar-refractivity contribution is 0.416. The van der Waals surface area contributed by atoms with Gasteiger partial charge in [-0.25, -0.2) is 0 Å². The standard InChI is InChI=1S/C18H26ClN5O/c1-4-6-10-24(11-7-5-2)18-22-16(21-17(20)23-18)14-12-13(19)8-9-15(14)25-3/h8-9,12H,4-7,10-11H2,1-3H3,(H2,20,21,22,23). The Balaban J connectivity index is 2.43. The van der Waals surface area contributed by atoms with Crippen molar-refractivity contribution in [2.45, 2.75) is 39.5 Å². The summed E-state index contributed by atoms with van der Waals surface area (Å²) in [6, 6.07) is 5.34. The maximum Gasteiger partial charge on any atom is 0.230 e. The zero-order chi connectivity index (χ0) is 18.2. The lowest BCUT2D eigenvalue weighted by Gasteiger charge is -2.22. The summed E-state index contributed by atoms with van der Waals surface area (Å²) in [6.45, 7) is 6.13. The van der Waals surface area contributed by atoms with Crippen molar-refractivity contribution < 1.29 is 4.74 Å². The van der Waals surface area contributed by atoms with Gasteiger partial charge in [-0.3, -0.25) is 0 Å². The van der Waals surface area contributed by atoms with Crippen molar-refractivity contribution in [3.8, 4) is 17.1 Å². The molecule has 0 atom stereocenters. The molecular weight excluding hydrogens is 338 g/mol. The molecule has 7 heteroatoms. The van der Waals surface area contributed by atoms with E-state index in [2.05, 4.69) is 33.7 Å². The number of hydrogen-bond donors (Lipinski definition) is 1. The molecule has 2 rings (SSSR count). The Hall–Kier alpha value is -2.08. The Kier molecular flexibility index (Phi) is 7.25. The van der Waals surface area contributed by atoms with E-state index in [1.54, 1.807) is 25.3 Å². The summed E-state index contributed by atoms with van der Waals surface area (Å²) in [5, 5.41) is 0.588. The molecule has 0 unspecified atom stereocenters. The second-order valence-electron chi connectivity index (χ2n) is 5.86. The van der Waals surface area contributed by atoms with Gasteiger partial charge in [0.1, 0.15) is 5.75 Å². The zero-order valence-electron chi connectivity index (χ0n) is 15.1. The molecule has 0 aliphatic carbocycles. The largest absolute Gasteiger partial charge is 0.496 e. The molecule has 0 aliphatic heterocycles. The van der Waals surface area contributed by atoms with Gasteiger partial charge in [-0.15, -0.1) is 0 Å². The van der Waals surface area contributed by atoms with Gasteiger partial charge < -0.3 is 15.4 Å². The predicted octanol–water partition coefficient (Wildman–Crippen LogP) is 4.19. The zero-order valence-corrected chi connectivity index (χ0v) is 15.9. The van der Waals surface area contributed by atoms with Gasteiger partial charge in [-0.05, 0) is 31.0 Å². The minimum absolute atomic E-state index is 0.194. The van der Waals surface area contributed by atoms with Gasteiger partial charge in [0, 0.05) is 18.1 Å². The summed E-state index contributed by atoms with van der Waals surface area (Å²) < 4.78 is 5.41. The average molecular weight is 364 g/mol. The molecule has 0 spiro atoms. The molecule has 0 amide bonds. The van der Waals surface area contributed by atoms with Crippen LogP contribution >= 0.6 is 11.6 Å². The number of unbranched alkanes of at least 4 members (excludes halogenated alkanes) is 2. The molecular formula is C18H26ClN5O. The first-order valence-corrected chi connectivity index (χ1v) is 9.07. The molecule has 2 aromatic rings. The summed E-state index contributed by atoms with van der Waals surface area (Å²) in [6.07, 6.45) is 4.37. The number of benzene rings is 1. The predicted molar refractivity (Wildman–Crippen MR) is 103 cm³/mol. The molecule has 0 radical (unpaired) electrons. The lowest BCUT2D eigenvalue weighted by atomic mass is 10.2. The van der Waals surface area contributed by atoms with Crippen LogP contribution in [0.3, 0.4) is 0 Å². The maximum atomic E-state index is 6.13. The van der Waals surface area contributed by atoms with Crippen molar-refractivity contribution in [2.75, 3.05) is 30.8 Å². The van der Waals surface area contributed by atoms with Gasteiger partial charge in [0.05, 0.1) is 12.7 Å². The monoisotopic (exact) mass is 363 g/mol.